The van der Waals surface area contributed by atoms with Crippen LogP contribution in [0.1, 0.15) is 23.6 Å². The fourth-order valence-electron chi connectivity index (χ4n) is 3.93. The lowest BCUT2D eigenvalue weighted by Crippen LogP contribution is -2.54. The molecule has 0 aromatic heterocycles. The van der Waals surface area contributed by atoms with Crippen molar-refractivity contribution >= 4 is 73.1 Å². The molecule has 2 N–H and O–H groups in total. The standard InChI is InChI=1S/C29H25Br2N3O6/c1-4-39-24-14-18(12-21-27(36)33-29(38)34(28(21)37)20-10-8-19(30)9-11-20)13-22(31)26(24)40-15-25(35)32-23-7-5-6-16(2)17(23)3/h5-14H,4,15H2,1-3H3,(H,32,35)(H,33,36,38)/b21-12+. The smallest absolute Gasteiger partial charge is 0.335 e. The molecular formula is C29H25Br2N3O6. The minimum Gasteiger partial charge on any atom is -0.490 e. The minimum absolute atomic E-state index is 0.238. The highest BCUT2D eigenvalue weighted by Gasteiger charge is 2.36. The zero-order valence-corrected chi connectivity index (χ0v) is 25.0. The number of ether oxygens (including phenoxy) is 2. The van der Waals surface area contributed by atoms with Crippen molar-refractivity contribution in [3.63, 3.8) is 0 Å². The lowest BCUT2D eigenvalue weighted by molar-refractivity contribution is -0.122. The van der Waals surface area contributed by atoms with E-state index < -0.39 is 17.8 Å². The van der Waals surface area contributed by atoms with Crippen LogP contribution < -0.4 is 25.0 Å². The number of hydrogen-bond donors (Lipinski definition) is 2. The second-order valence-corrected chi connectivity index (χ2v) is 10.6. The van der Waals surface area contributed by atoms with Gasteiger partial charge in [0, 0.05) is 10.2 Å². The van der Waals surface area contributed by atoms with Gasteiger partial charge in [-0.2, -0.15) is 0 Å². The van der Waals surface area contributed by atoms with Crippen molar-refractivity contribution in [2.75, 3.05) is 23.4 Å². The Morgan fingerprint density at radius 2 is 1.75 bits per heavy atom. The number of barbiturate groups is 1. The highest BCUT2D eigenvalue weighted by Crippen LogP contribution is 2.38. The van der Waals surface area contributed by atoms with Gasteiger partial charge in [-0.15, -0.1) is 0 Å². The molecule has 1 aliphatic heterocycles. The van der Waals surface area contributed by atoms with Gasteiger partial charge in [0.15, 0.2) is 18.1 Å². The molecule has 0 atom stereocenters. The molecule has 4 rings (SSSR count). The van der Waals surface area contributed by atoms with Crippen LogP contribution in [0.25, 0.3) is 6.08 Å². The van der Waals surface area contributed by atoms with Crippen molar-refractivity contribution < 1.29 is 28.7 Å². The van der Waals surface area contributed by atoms with E-state index in [1.54, 1.807) is 43.3 Å². The average Bonchev–Trinajstić information content (AvgIpc) is 2.90. The Labute approximate surface area is 247 Å². The molecule has 1 fully saturated rings. The molecule has 0 aliphatic carbocycles. The van der Waals surface area contributed by atoms with E-state index in [0.717, 1.165) is 20.5 Å². The summed E-state index contributed by atoms with van der Waals surface area (Å²) in [7, 11) is 0. The van der Waals surface area contributed by atoms with Gasteiger partial charge in [-0.25, -0.2) is 9.69 Å². The Kier molecular flexibility index (Phi) is 9.06. The Morgan fingerprint density at radius 3 is 2.45 bits per heavy atom. The van der Waals surface area contributed by atoms with Crippen LogP contribution >= 0.6 is 31.9 Å². The molecule has 3 aromatic rings. The fourth-order valence-corrected chi connectivity index (χ4v) is 4.77. The van der Waals surface area contributed by atoms with Crippen molar-refractivity contribution in [3.05, 3.63) is 85.8 Å². The Morgan fingerprint density at radius 1 is 1.02 bits per heavy atom. The van der Waals surface area contributed by atoms with Crippen LogP contribution in [0.4, 0.5) is 16.2 Å². The summed E-state index contributed by atoms with van der Waals surface area (Å²) in [6, 6.07) is 14.5. The van der Waals surface area contributed by atoms with Crippen LogP contribution in [0, 0.1) is 13.8 Å². The van der Waals surface area contributed by atoms with E-state index in [4.69, 9.17) is 9.47 Å². The number of aryl methyl sites for hydroxylation is 1. The molecule has 40 heavy (non-hydrogen) atoms. The maximum Gasteiger partial charge on any atom is 0.335 e. The first-order valence-corrected chi connectivity index (χ1v) is 13.8. The molecule has 0 saturated carbocycles. The van der Waals surface area contributed by atoms with Gasteiger partial charge in [0.1, 0.15) is 5.57 Å². The van der Waals surface area contributed by atoms with E-state index >= 15 is 0 Å². The summed E-state index contributed by atoms with van der Waals surface area (Å²) in [6.07, 6.45) is 1.36. The molecule has 1 saturated heterocycles. The van der Waals surface area contributed by atoms with E-state index in [2.05, 4.69) is 42.5 Å². The van der Waals surface area contributed by atoms with Gasteiger partial charge in [0.2, 0.25) is 0 Å². The minimum atomic E-state index is -0.839. The lowest BCUT2D eigenvalue weighted by Gasteiger charge is -2.26. The van der Waals surface area contributed by atoms with Gasteiger partial charge in [-0.05, 0) is 102 Å². The quantitative estimate of drug-likeness (QED) is 0.228. The van der Waals surface area contributed by atoms with Gasteiger partial charge < -0.3 is 14.8 Å². The molecule has 0 radical (unpaired) electrons. The Hall–Kier alpha value is -3.96. The molecule has 3 aromatic carbocycles. The number of imide groups is 2. The Balaban J connectivity index is 1.58. The third-order valence-electron chi connectivity index (χ3n) is 6.06. The number of rotatable bonds is 8. The molecule has 0 spiro atoms. The van der Waals surface area contributed by atoms with Gasteiger partial charge in [-0.3, -0.25) is 19.7 Å². The van der Waals surface area contributed by atoms with Crippen LogP contribution in [0.15, 0.2) is 69.1 Å². The monoisotopic (exact) mass is 669 g/mol. The first-order chi connectivity index (χ1) is 19.1. The molecule has 206 valence electrons. The predicted molar refractivity (Wildman–Crippen MR) is 158 cm³/mol. The predicted octanol–water partition coefficient (Wildman–Crippen LogP) is 5.91. The van der Waals surface area contributed by atoms with E-state index in [-0.39, 0.29) is 23.8 Å². The van der Waals surface area contributed by atoms with Gasteiger partial charge in [0.05, 0.1) is 16.8 Å². The number of halogens is 2. The van der Waals surface area contributed by atoms with E-state index in [1.165, 1.54) is 6.08 Å². The first kappa shape index (κ1) is 29.0. The van der Waals surface area contributed by atoms with Crippen LogP contribution in [-0.2, 0) is 14.4 Å². The summed E-state index contributed by atoms with van der Waals surface area (Å²) in [5.41, 5.74) is 3.23. The number of nitrogens with one attached hydrogen (secondary N) is 2. The summed E-state index contributed by atoms with van der Waals surface area (Å²) >= 11 is 6.76. The van der Waals surface area contributed by atoms with Crippen molar-refractivity contribution in [2.24, 2.45) is 0 Å². The molecule has 5 amide bonds. The summed E-state index contributed by atoms with van der Waals surface area (Å²) in [4.78, 5) is 51.8. The zero-order chi connectivity index (χ0) is 29.0. The SMILES string of the molecule is CCOc1cc(/C=C2\C(=O)NC(=O)N(c3ccc(Br)cc3)C2=O)cc(Br)c1OCC(=O)Nc1cccc(C)c1C. The number of carbonyl (C=O) groups excluding carboxylic acids is 4. The van der Waals surface area contributed by atoms with E-state index in [1.807, 2.05) is 32.0 Å². The topological polar surface area (TPSA) is 114 Å². The van der Waals surface area contributed by atoms with Crippen molar-refractivity contribution in [1.82, 2.24) is 5.32 Å². The number of urea groups is 1. The van der Waals surface area contributed by atoms with Crippen LogP contribution in [-0.4, -0.2) is 37.0 Å². The zero-order valence-electron chi connectivity index (χ0n) is 21.8. The number of nitrogens with zero attached hydrogens (tertiary/aromatic N) is 1. The summed E-state index contributed by atoms with van der Waals surface area (Å²) in [5.74, 6) is -1.36. The molecule has 1 aliphatic rings. The highest BCUT2D eigenvalue weighted by molar-refractivity contribution is 9.10. The highest BCUT2D eigenvalue weighted by atomic mass is 79.9. The normalized spacial score (nSPS) is 14.3. The number of carbonyl (C=O) groups is 4. The number of anilines is 2. The van der Waals surface area contributed by atoms with Gasteiger partial charge in [0.25, 0.3) is 17.7 Å². The van der Waals surface area contributed by atoms with Crippen molar-refractivity contribution in [3.8, 4) is 11.5 Å². The maximum atomic E-state index is 13.2. The number of hydrogen-bond acceptors (Lipinski definition) is 6. The molecular weight excluding hydrogens is 646 g/mol. The van der Waals surface area contributed by atoms with E-state index in [9.17, 15) is 19.2 Å². The van der Waals surface area contributed by atoms with Crippen molar-refractivity contribution in [1.29, 1.82) is 0 Å². The van der Waals surface area contributed by atoms with Crippen molar-refractivity contribution in [2.45, 2.75) is 20.8 Å². The first-order valence-electron chi connectivity index (χ1n) is 12.2. The van der Waals surface area contributed by atoms with Crippen LogP contribution in [0.5, 0.6) is 11.5 Å². The summed E-state index contributed by atoms with van der Waals surface area (Å²) in [5, 5.41) is 5.05. The second kappa shape index (κ2) is 12.5. The lowest BCUT2D eigenvalue weighted by atomic mass is 10.1. The average molecular weight is 671 g/mol. The molecule has 0 unspecified atom stereocenters. The largest absolute Gasteiger partial charge is 0.490 e. The second-order valence-electron chi connectivity index (χ2n) is 8.78. The molecule has 9 nitrogen and oxygen atoms in total. The van der Waals surface area contributed by atoms with Crippen LogP contribution in [0.3, 0.4) is 0 Å². The van der Waals surface area contributed by atoms with Crippen LogP contribution in [0.2, 0.25) is 0 Å². The Bertz CT molecular complexity index is 1540. The summed E-state index contributed by atoms with van der Waals surface area (Å²) in [6.45, 7) is 5.69. The molecule has 1 heterocycles. The molecule has 11 heteroatoms. The third kappa shape index (κ3) is 6.43. The third-order valence-corrected chi connectivity index (χ3v) is 7.17. The molecule has 0 bridgehead atoms. The van der Waals surface area contributed by atoms with Gasteiger partial charge in [-0.1, -0.05) is 28.1 Å². The number of benzene rings is 3. The summed E-state index contributed by atoms with van der Waals surface area (Å²) < 4.78 is 12.7. The fraction of sp³-hybridized carbons (Fsp3) is 0.172. The number of amides is 5. The maximum absolute atomic E-state index is 13.2. The van der Waals surface area contributed by atoms with E-state index in [0.29, 0.717) is 33.8 Å². The van der Waals surface area contributed by atoms with Gasteiger partial charge >= 0.3 is 6.03 Å².